The summed E-state index contributed by atoms with van der Waals surface area (Å²) < 4.78 is 1.96. The van der Waals surface area contributed by atoms with Crippen LogP contribution in [0.4, 0.5) is 0 Å². The first kappa shape index (κ1) is 11.4. The molecule has 0 saturated carbocycles. The molecule has 0 bridgehead atoms. The van der Waals surface area contributed by atoms with Crippen LogP contribution >= 0.6 is 0 Å². The standard InChI is InChI=1S/C14H18N4/c1-10(14-17-16-9-18(14)2)15-8-12-7-11-5-3-4-6-13(11)12/h3-6,9-10,12,15H,7-8H2,1-2H3. The Kier molecular flexibility index (Phi) is 2.88. The lowest BCUT2D eigenvalue weighted by Gasteiger charge is -2.31. The maximum absolute atomic E-state index is 4.13. The van der Waals surface area contributed by atoms with Gasteiger partial charge in [0.2, 0.25) is 0 Å². The summed E-state index contributed by atoms with van der Waals surface area (Å²) in [6.07, 6.45) is 2.93. The highest BCUT2D eigenvalue weighted by Gasteiger charge is 2.25. The number of aryl methyl sites for hydroxylation is 1. The van der Waals surface area contributed by atoms with Crippen molar-refractivity contribution < 1.29 is 0 Å². The molecule has 3 rings (SSSR count). The van der Waals surface area contributed by atoms with Crippen LogP contribution < -0.4 is 5.32 Å². The van der Waals surface area contributed by atoms with Crippen molar-refractivity contribution in [2.45, 2.75) is 25.3 Å². The molecule has 2 unspecified atom stereocenters. The van der Waals surface area contributed by atoms with Crippen LogP contribution in [0, 0.1) is 0 Å². The Labute approximate surface area is 107 Å². The number of rotatable bonds is 4. The molecule has 0 spiro atoms. The Hall–Kier alpha value is -1.68. The van der Waals surface area contributed by atoms with Crippen molar-refractivity contribution in [2.24, 2.45) is 7.05 Å². The number of fused-ring (bicyclic) bond motifs is 1. The van der Waals surface area contributed by atoms with E-state index in [9.17, 15) is 0 Å². The van der Waals surface area contributed by atoms with Crippen molar-refractivity contribution in [3.8, 4) is 0 Å². The second kappa shape index (κ2) is 4.53. The van der Waals surface area contributed by atoms with Crippen LogP contribution in [0.25, 0.3) is 0 Å². The molecule has 2 atom stereocenters. The Balaban J connectivity index is 1.59. The third-order valence-electron chi connectivity index (χ3n) is 3.77. The summed E-state index contributed by atoms with van der Waals surface area (Å²) in [7, 11) is 1.98. The van der Waals surface area contributed by atoms with Crippen LogP contribution in [0.5, 0.6) is 0 Å². The number of benzene rings is 1. The SMILES string of the molecule is CC(NCC1Cc2ccccc21)c1nncn1C. The smallest absolute Gasteiger partial charge is 0.149 e. The average molecular weight is 242 g/mol. The van der Waals surface area contributed by atoms with E-state index in [-0.39, 0.29) is 6.04 Å². The maximum atomic E-state index is 4.13. The first-order chi connectivity index (χ1) is 8.75. The predicted octanol–water partition coefficient (Wildman–Crippen LogP) is 1.81. The molecule has 1 aliphatic rings. The monoisotopic (exact) mass is 242 g/mol. The van der Waals surface area contributed by atoms with Crippen LogP contribution in [-0.4, -0.2) is 21.3 Å². The summed E-state index contributed by atoms with van der Waals surface area (Å²) in [6, 6.07) is 8.93. The van der Waals surface area contributed by atoms with Crippen molar-refractivity contribution in [2.75, 3.05) is 6.54 Å². The van der Waals surface area contributed by atoms with Crippen molar-refractivity contribution in [1.82, 2.24) is 20.1 Å². The topological polar surface area (TPSA) is 42.7 Å². The number of nitrogens with zero attached hydrogens (tertiary/aromatic N) is 3. The van der Waals surface area contributed by atoms with E-state index in [0.29, 0.717) is 5.92 Å². The van der Waals surface area contributed by atoms with Crippen molar-refractivity contribution in [3.63, 3.8) is 0 Å². The normalized spacial score (nSPS) is 19.1. The lowest BCUT2D eigenvalue weighted by atomic mass is 9.77. The summed E-state index contributed by atoms with van der Waals surface area (Å²) in [5, 5.41) is 11.6. The molecule has 0 fully saturated rings. The van der Waals surface area contributed by atoms with Crippen LogP contribution in [0.3, 0.4) is 0 Å². The molecule has 0 aliphatic heterocycles. The van der Waals surface area contributed by atoms with Gasteiger partial charge >= 0.3 is 0 Å². The van der Waals surface area contributed by atoms with Crippen molar-refractivity contribution in [1.29, 1.82) is 0 Å². The van der Waals surface area contributed by atoms with Gasteiger partial charge < -0.3 is 9.88 Å². The summed E-state index contributed by atoms with van der Waals surface area (Å²) >= 11 is 0. The molecule has 0 amide bonds. The average Bonchev–Trinajstić information content (AvgIpc) is 2.76. The van der Waals surface area contributed by atoms with Gasteiger partial charge in [-0.05, 0) is 24.5 Å². The van der Waals surface area contributed by atoms with Gasteiger partial charge in [-0.3, -0.25) is 0 Å². The van der Waals surface area contributed by atoms with Gasteiger partial charge in [0.25, 0.3) is 0 Å². The first-order valence-corrected chi connectivity index (χ1v) is 6.41. The van der Waals surface area contributed by atoms with Gasteiger partial charge in [-0.1, -0.05) is 24.3 Å². The third-order valence-corrected chi connectivity index (χ3v) is 3.77. The van der Waals surface area contributed by atoms with E-state index in [1.165, 1.54) is 17.5 Å². The minimum absolute atomic E-state index is 0.241. The van der Waals surface area contributed by atoms with Gasteiger partial charge in [0.05, 0.1) is 6.04 Å². The molecular formula is C14H18N4. The molecule has 0 radical (unpaired) electrons. The highest BCUT2D eigenvalue weighted by molar-refractivity contribution is 5.40. The van der Waals surface area contributed by atoms with E-state index in [2.05, 4.69) is 46.7 Å². The molecule has 1 heterocycles. The van der Waals surface area contributed by atoms with Gasteiger partial charge in [-0.2, -0.15) is 0 Å². The lowest BCUT2D eigenvalue weighted by molar-refractivity contribution is 0.468. The molecule has 4 heteroatoms. The van der Waals surface area contributed by atoms with Crippen LogP contribution in [0.15, 0.2) is 30.6 Å². The summed E-state index contributed by atoms with van der Waals surface area (Å²) in [4.78, 5) is 0. The zero-order valence-electron chi connectivity index (χ0n) is 10.8. The van der Waals surface area contributed by atoms with E-state index in [0.717, 1.165) is 12.4 Å². The largest absolute Gasteiger partial charge is 0.319 e. The third kappa shape index (κ3) is 1.93. The van der Waals surface area contributed by atoms with E-state index >= 15 is 0 Å². The molecular weight excluding hydrogens is 224 g/mol. The molecule has 94 valence electrons. The Morgan fingerprint density at radius 3 is 3.00 bits per heavy atom. The zero-order chi connectivity index (χ0) is 12.5. The molecule has 1 N–H and O–H groups in total. The Bertz CT molecular complexity index is 546. The van der Waals surface area contributed by atoms with Gasteiger partial charge in [-0.15, -0.1) is 10.2 Å². The fraction of sp³-hybridized carbons (Fsp3) is 0.429. The van der Waals surface area contributed by atoms with Gasteiger partial charge in [0, 0.05) is 19.5 Å². The summed E-state index contributed by atoms with van der Waals surface area (Å²) in [5.41, 5.74) is 2.99. The van der Waals surface area contributed by atoms with E-state index in [1.807, 2.05) is 11.6 Å². The van der Waals surface area contributed by atoms with Crippen molar-refractivity contribution >= 4 is 0 Å². The predicted molar refractivity (Wildman–Crippen MR) is 70.3 cm³/mol. The molecule has 1 aromatic carbocycles. The Morgan fingerprint density at radius 2 is 2.28 bits per heavy atom. The number of nitrogens with one attached hydrogen (secondary N) is 1. The first-order valence-electron chi connectivity index (χ1n) is 6.41. The van der Waals surface area contributed by atoms with Gasteiger partial charge in [-0.25, -0.2) is 0 Å². The fourth-order valence-corrected chi connectivity index (χ4v) is 2.64. The minimum atomic E-state index is 0.241. The minimum Gasteiger partial charge on any atom is -0.319 e. The molecule has 4 nitrogen and oxygen atoms in total. The number of hydrogen-bond acceptors (Lipinski definition) is 3. The summed E-state index contributed by atoms with van der Waals surface area (Å²) in [6.45, 7) is 3.14. The van der Waals surface area contributed by atoms with Gasteiger partial charge in [0.15, 0.2) is 0 Å². The van der Waals surface area contributed by atoms with E-state index < -0.39 is 0 Å². The maximum Gasteiger partial charge on any atom is 0.149 e. The Morgan fingerprint density at radius 1 is 1.44 bits per heavy atom. The quantitative estimate of drug-likeness (QED) is 0.889. The molecule has 1 aromatic heterocycles. The van der Waals surface area contributed by atoms with E-state index in [4.69, 9.17) is 0 Å². The molecule has 0 saturated heterocycles. The highest BCUT2D eigenvalue weighted by atomic mass is 15.3. The second-order valence-corrected chi connectivity index (χ2v) is 5.03. The van der Waals surface area contributed by atoms with Crippen LogP contribution in [0.1, 0.15) is 35.8 Å². The molecule has 1 aliphatic carbocycles. The second-order valence-electron chi connectivity index (χ2n) is 5.03. The van der Waals surface area contributed by atoms with E-state index in [1.54, 1.807) is 6.33 Å². The molecule has 2 aromatic rings. The number of hydrogen-bond donors (Lipinski definition) is 1. The van der Waals surface area contributed by atoms with Crippen LogP contribution in [-0.2, 0) is 13.5 Å². The van der Waals surface area contributed by atoms with Crippen LogP contribution in [0.2, 0.25) is 0 Å². The van der Waals surface area contributed by atoms with Crippen molar-refractivity contribution in [3.05, 3.63) is 47.5 Å². The number of aromatic nitrogens is 3. The highest BCUT2D eigenvalue weighted by Crippen LogP contribution is 2.34. The summed E-state index contributed by atoms with van der Waals surface area (Å²) in [5.74, 6) is 1.64. The van der Waals surface area contributed by atoms with Gasteiger partial charge in [0.1, 0.15) is 12.2 Å². The molecule has 18 heavy (non-hydrogen) atoms. The fourth-order valence-electron chi connectivity index (χ4n) is 2.64. The lowest BCUT2D eigenvalue weighted by Crippen LogP contribution is -2.31. The zero-order valence-corrected chi connectivity index (χ0v) is 10.8.